The first kappa shape index (κ1) is 14.3. The number of amides is 2. The molecule has 0 atom stereocenters. The normalized spacial score (nSPS) is 15.1. The molecule has 1 aliphatic heterocycles. The molecule has 0 unspecified atom stereocenters. The van der Waals surface area contributed by atoms with Gasteiger partial charge in [-0.05, 0) is 50.6 Å². The second-order valence-electron chi connectivity index (χ2n) is 6.16. The maximum Gasteiger partial charge on any atom is 0.255 e. The lowest BCUT2D eigenvalue weighted by atomic mass is 9.86. The van der Waals surface area contributed by atoms with Gasteiger partial charge in [0, 0.05) is 16.9 Å². The fourth-order valence-electron chi connectivity index (χ4n) is 2.58. The molecule has 0 radical (unpaired) electrons. The van der Waals surface area contributed by atoms with Gasteiger partial charge in [0.15, 0.2) is 0 Å². The number of rotatable bonds is 2. The van der Waals surface area contributed by atoms with Crippen LogP contribution < -0.4 is 10.6 Å². The molecule has 22 heavy (non-hydrogen) atoms. The molecule has 0 spiro atoms. The summed E-state index contributed by atoms with van der Waals surface area (Å²) in [4.78, 5) is 24.2. The van der Waals surface area contributed by atoms with Crippen LogP contribution in [0.2, 0.25) is 0 Å². The summed E-state index contributed by atoms with van der Waals surface area (Å²) in [5.74, 6) is -0.187. The highest BCUT2D eigenvalue weighted by molar-refractivity contribution is 6.08. The largest absolute Gasteiger partial charge is 0.325 e. The van der Waals surface area contributed by atoms with Crippen molar-refractivity contribution >= 4 is 23.2 Å². The Labute approximate surface area is 129 Å². The molecule has 2 N–H and O–H groups in total. The number of carbonyl (C=O) groups excluding carboxylic acids is 2. The summed E-state index contributed by atoms with van der Waals surface area (Å²) in [5, 5.41) is 5.72. The molecular weight excluding hydrogens is 276 g/mol. The molecule has 2 amide bonds. The molecule has 0 aliphatic carbocycles. The number of nitrogens with one attached hydrogen (secondary N) is 2. The van der Waals surface area contributed by atoms with Crippen LogP contribution in [0.4, 0.5) is 11.4 Å². The molecule has 1 heterocycles. The van der Waals surface area contributed by atoms with Crippen molar-refractivity contribution in [2.45, 2.75) is 26.2 Å². The Morgan fingerprint density at radius 3 is 2.45 bits per heavy atom. The molecule has 0 bridgehead atoms. The van der Waals surface area contributed by atoms with E-state index in [1.165, 1.54) is 0 Å². The topological polar surface area (TPSA) is 58.2 Å². The molecule has 4 heteroatoms. The van der Waals surface area contributed by atoms with Gasteiger partial charge in [-0.3, -0.25) is 9.59 Å². The summed E-state index contributed by atoms with van der Waals surface area (Å²) in [6.07, 6.45) is 0. The SMILES string of the molecule is Cc1ccc(C(=O)Nc2ccc3c(c2)NC(=O)C3(C)C)cc1. The Balaban J connectivity index is 1.83. The van der Waals surface area contributed by atoms with E-state index in [1.54, 1.807) is 18.2 Å². The van der Waals surface area contributed by atoms with Gasteiger partial charge in [0.1, 0.15) is 0 Å². The van der Waals surface area contributed by atoms with Gasteiger partial charge in [-0.25, -0.2) is 0 Å². The van der Waals surface area contributed by atoms with E-state index in [9.17, 15) is 9.59 Å². The number of carbonyl (C=O) groups is 2. The minimum absolute atomic E-state index is 0.0236. The van der Waals surface area contributed by atoms with Crippen molar-refractivity contribution in [2.24, 2.45) is 0 Å². The molecule has 2 aromatic rings. The molecule has 1 aliphatic rings. The lowest BCUT2D eigenvalue weighted by Gasteiger charge is -2.15. The zero-order chi connectivity index (χ0) is 15.9. The second-order valence-corrected chi connectivity index (χ2v) is 6.16. The molecule has 0 aromatic heterocycles. The van der Waals surface area contributed by atoms with E-state index < -0.39 is 5.41 Å². The minimum atomic E-state index is -0.533. The average Bonchev–Trinajstić information content (AvgIpc) is 2.69. The van der Waals surface area contributed by atoms with Crippen LogP contribution in [0.25, 0.3) is 0 Å². The van der Waals surface area contributed by atoms with Gasteiger partial charge < -0.3 is 10.6 Å². The standard InChI is InChI=1S/C18H18N2O2/c1-11-4-6-12(7-5-11)16(21)19-13-8-9-14-15(10-13)20-17(22)18(14,2)3/h4-10H,1-3H3,(H,19,21)(H,20,22). The Hall–Kier alpha value is -2.62. The zero-order valence-electron chi connectivity index (χ0n) is 12.9. The van der Waals surface area contributed by atoms with Crippen molar-refractivity contribution < 1.29 is 9.59 Å². The zero-order valence-corrected chi connectivity index (χ0v) is 12.9. The third kappa shape index (κ3) is 2.37. The Morgan fingerprint density at radius 1 is 1.09 bits per heavy atom. The first-order chi connectivity index (χ1) is 10.4. The Bertz CT molecular complexity index is 761. The van der Waals surface area contributed by atoms with Gasteiger partial charge in [0.2, 0.25) is 5.91 Å². The van der Waals surface area contributed by atoms with Crippen LogP contribution in [-0.4, -0.2) is 11.8 Å². The van der Waals surface area contributed by atoms with Crippen molar-refractivity contribution in [3.8, 4) is 0 Å². The number of benzene rings is 2. The van der Waals surface area contributed by atoms with Crippen LogP contribution in [0, 0.1) is 6.92 Å². The molecule has 4 nitrogen and oxygen atoms in total. The number of hydrogen-bond donors (Lipinski definition) is 2. The quantitative estimate of drug-likeness (QED) is 0.891. The maximum atomic E-state index is 12.2. The van der Waals surface area contributed by atoms with Crippen LogP contribution in [0.3, 0.4) is 0 Å². The molecule has 0 fully saturated rings. The Kier molecular flexibility index (Phi) is 3.24. The van der Waals surface area contributed by atoms with E-state index in [0.717, 1.165) is 16.8 Å². The first-order valence-electron chi connectivity index (χ1n) is 7.22. The predicted molar refractivity (Wildman–Crippen MR) is 87.2 cm³/mol. The molecule has 0 saturated heterocycles. The molecule has 2 aromatic carbocycles. The third-order valence-corrected chi connectivity index (χ3v) is 4.08. The summed E-state index contributed by atoms with van der Waals surface area (Å²) in [6, 6.07) is 12.9. The molecule has 3 rings (SSSR count). The van der Waals surface area contributed by atoms with Crippen molar-refractivity contribution in [1.29, 1.82) is 0 Å². The van der Waals surface area contributed by atoms with Crippen LogP contribution in [0.15, 0.2) is 42.5 Å². The summed E-state index contributed by atoms with van der Waals surface area (Å²) in [7, 11) is 0. The van der Waals surface area contributed by atoms with E-state index in [1.807, 2.05) is 45.0 Å². The number of fused-ring (bicyclic) bond motifs is 1. The summed E-state index contributed by atoms with van der Waals surface area (Å²) in [6.45, 7) is 5.75. The van der Waals surface area contributed by atoms with Crippen LogP contribution in [0.5, 0.6) is 0 Å². The summed E-state index contributed by atoms with van der Waals surface area (Å²) >= 11 is 0. The molecule has 0 saturated carbocycles. The highest BCUT2D eigenvalue weighted by atomic mass is 16.2. The van der Waals surface area contributed by atoms with Gasteiger partial charge in [0.05, 0.1) is 5.41 Å². The average molecular weight is 294 g/mol. The highest BCUT2D eigenvalue weighted by Crippen LogP contribution is 2.38. The monoisotopic (exact) mass is 294 g/mol. The van der Waals surface area contributed by atoms with Gasteiger partial charge >= 0.3 is 0 Å². The van der Waals surface area contributed by atoms with Gasteiger partial charge in [-0.2, -0.15) is 0 Å². The van der Waals surface area contributed by atoms with Crippen molar-refractivity contribution in [3.05, 3.63) is 59.2 Å². The van der Waals surface area contributed by atoms with Crippen molar-refractivity contribution in [3.63, 3.8) is 0 Å². The number of aryl methyl sites for hydroxylation is 1. The summed E-state index contributed by atoms with van der Waals surface area (Å²) in [5.41, 5.74) is 3.56. The Morgan fingerprint density at radius 2 is 1.77 bits per heavy atom. The van der Waals surface area contributed by atoms with Gasteiger partial charge in [-0.15, -0.1) is 0 Å². The second kappa shape index (κ2) is 4.98. The fraction of sp³-hybridized carbons (Fsp3) is 0.222. The minimum Gasteiger partial charge on any atom is -0.325 e. The fourth-order valence-corrected chi connectivity index (χ4v) is 2.58. The number of hydrogen-bond acceptors (Lipinski definition) is 2. The third-order valence-electron chi connectivity index (χ3n) is 4.08. The van der Waals surface area contributed by atoms with E-state index in [2.05, 4.69) is 10.6 Å². The van der Waals surface area contributed by atoms with Crippen LogP contribution in [-0.2, 0) is 10.2 Å². The first-order valence-corrected chi connectivity index (χ1v) is 7.22. The van der Waals surface area contributed by atoms with E-state index in [-0.39, 0.29) is 11.8 Å². The highest BCUT2D eigenvalue weighted by Gasteiger charge is 2.38. The lowest BCUT2D eigenvalue weighted by molar-refractivity contribution is -0.119. The van der Waals surface area contributed by atoms with E-state index in [0.29, 0.717) is 11.3 Å². The van der Waals surface area contributed by atoms with Gasteiger partial charge in [0.25, 0.3) is 5.91 Å². The van der Waals surface area contributed by atoms with Crippen LogP contribution in [0.1, 0.15) is 35.3 Å². The van der Waals surface area contributed by atoms with Gasteiger partial charge in [-0.1, -0.05) is 23.8 Å². The molecular formula is C18H18N2O2. The van der Waals surface area contributed by atoms with E-state index >= 15 is 0 Å². The predicted octanol–water partition coefficient (Wildman–Crippen LogP) is 3.48. The van der Waals surface area contributed by atoms with E-state index in [4.69, 9.17) is 0 Å². The number of anilines is 2. The van der Waals surface area contributed by atoms with Crippen LogP contribution >= 0.6 is 0 Å². The lowest BCUT2D eigenvalue weighted by Crippen LogP contribution is -2.26. The molecule has 112 valence electrons. The van der Waals surface area contributed by atoms with Crippen molar-refractivity contribution in [1.82, 2.24) is 0 Å². The maximum absolute atomic E-state index is 12.2. The smallest absolute Gasteiger partial charge is 0.255 e. The van der Waals surface area contributed by atoms with Crippen molar-refractivity contribution in [2.75, 3.05) is 10.6 Å². The summed E-state index contributed by atoms with van der Waals surface area (Å²) < 4.78 is 0.